The van der Waals surface area contributed by atoms with E-state index in [0.29, 0.717) is 19.5 Å². The number of carboxylic acid groups (broad SMARTS) is 1. The van der Waals surface area contributed by atoms with Crippen molar-refractivity contribution in [1.29, 1.82) is 0 Å². The fraction of sp³-hybridized carbons (Fsp3) is 0.333. The first kappa shape index (κ1) is 14.1. The zero-order valence-electron chi connectivity index (χ0n) is 11.5. The van der Waals surface area contributed by atoms with Crippen LogP contribution in [0.3, 0.4) is 0 Å². The Kier molecular flexibility index (Phi) is 4.76. The normalized spacial score (nSPS) is 10.4. The number of para-hydroxylation sites is 1. The molecule has 0 fully saturated rings. The molecule has 2 rings (SSSR count). The molecule has 0 unspecified atom stereocenters. The van der Waals surface area contributed by atoms with Crippen LogP contribution in [0.2, 0.25) is 0 Å². The summed E-state index contributed by atoms with van der Waals surface area (Å²) in [6.07, 6.45) is 2.20. The van der Waals surface area contributed by atoms with Gasteiger partial charge in [0, 0.05) is 18.7 Å². The van der Waals surface area contributed by atoms with Crippen molar-refractivity contribution < 1.29 is 14.3 Å². The maximum absolute atomic E-state index is 10.6. The largest absolute Gasteiger partial charge is 0.481 e. The van der Waals surface area contributed by atoms with Crippen molar-refractivity contribution >= 4 is 11.7 Å². The lowest BCUT2D eigenvalue weighted by Gasteiger charge is -2.23. The van der Waals surface area contributed by atoms with E-state index >= 15 is 0 Å². The molecule has 0 saturated heterocycles. The first-order chi connectivity index (χ1) is 9.66. The number of oxazole rings is 1. The van der Waals surface area contributed by atoms with Crippen LogP contribution in [0.4, 0.5) is 5.69 Å². The van der Waals surface area contributed by atoms with Gasteiger partial charge in [-0.15, -0.1) is 0 Å². The molecule has 0 radical (unpaired) electrons. The van der Waals surface area contributed by atoms with Crippen LogP contribution >= 0.6 is 0 Å². The summed E-state index contributed by atoms with van der Waals surface area (Å²) < 4.78 is 5.21. The van der Waals surface area contributed by atoms with Crippen LogP contribution in [0.1, 0.15) is 24.3 Å². The molecular weight excluding hydrogens is 256 g/mol. The smallest absolute Gasteiger partial charge is 0.303 e. The Morgan fingerprint density at radius 1 is 1.35 bits per heavy atom. The van der Waals surface area contributed by atoms with E-state index < -0.39 is 5.97 Å². The minimum Gasteiger partial charge on any atom is -0.481 e. The Morgan fingerprint density at radius 3 is 2.70 bits per heavy atom. The van der Waals surface area contributed by atoms with E-state index in [9.17, 15) is 4.79 Å². The van der Waals surface area contributed by atoms with Gasteiger partial charge in [-0.25, -0.2) is 4.98 Å². The summed E-state index contributed by atoms with van der Waals surface area (Å²) in [6, 6.07) is 9.91. The summed E-state index contributed by atoms with van der Waals surface area (Å²) >= 11 is 0. The van der Waals surface area contributed by atoms with Gasteiger partial charge in [-0.3, -0.25) is 4.79 Å². The number of nitrogens with zero attached hydrogens (tertiary/aromatic N) is 2. The number of aryl methyl sites for hydroxylation is 1. The van der Waals surface area contributed by atoms with Crippen molar-refractivity contribution in [3.8, 4) is 0 Å². The lowest BCUT2D eigenvalue weighted by molar-refractivity contribution is -0.137. The number of rotatable bonds is 7. The predicted octanol–water partition coefficient (Wildman–Crippen LogP) is 2.85. The summed E-state index contributed by atoms with van der Waals surface area (Å²) in [5, 5.41) is 8.75. The number of aromatic nitrogens is 1. The molecule has 1 heterocycles. The van der Waals surface area contributed by atoms with E-state index in [1.54, 1.807) is 0 Å². The lowest BCUT2D eigenvalue weighted by atomic mass is 10.2. The molecule has 20 heavy (non-hydrogen) atoms. The number of hydrogen-bond donors (Lipinski definition) is 1. The molecule has 1 N–H and O–H groups in total. The second-order valence-corrected chi connectivity index (χ2v) is 4.61. The standard InChI is InChI=1S/C15H18N2O3/c1-12-14(16-11-20-12)10-17(9-5-8-15(18)19)13-6-3-2-4-7-13/h2-4,6-7,11H,5,8-10H2,1H3,(H,18,19). The lowest BCUT2D eigenvalue weighted by Crippen LogP contribution is -2.25. The molecule has 2 aromatic rings. The van der Waals surface area contributed by atoms with Gasteiger partial charge in [0.2, 0.25) is 0 Å². The van der Waals surface area contributed by atoms with E-state index in [1.165, 1.54) is 6.39 Å². The summed E-state index contributed by atoms with van der Waals surface area (Å²) in [6.45, 7) is 3.16. The summed E-state index contributed by atoms with van der Waals surface area (Å²) in [5.41, 5.74) is 1.93. The number of hydrogen-bond acceptors (Lipinski definition) is 4. The molecule has 1 aromatic heterocycles. The molecule has 1 aromatic carbocycles. The highest BCUT2D eigenvalue weighted by Gasteiger charge is 2.12. The van der Waals surface area contributed by atoms with Gasteiger partial charge in [-0.1, -0.05) is 18.2 Å². The average Bonchev–Trinajstić information content (AvgIpc) is 2.84. The first-order valence-corrected chi connectivity index (χ1v) is 6.57. The van der Waals surface area contributed by atoms with Gasteiger partial charge in [0.1, 0.15) is 11.5 Å². The Morgan fingerprint density at radius 2 is 2.10 bits per heavy atom. The fourth-order valence-corrected chi connectivity index (χ4v) is 2.02. The van der Waals surface area contributed by atoms with Crippen molar-refractivity contribution in [2.75, 3.05) is 11.4 Å². The third-order valence-electron chi connectivity index (χ3n) is 3.13. The molecule has 0 bridgehead atoms. The Labute approximate surface area is 117 Å². The minimum absolute atomic E-state index is 0.168. The monoisotopic (exact) mass is 274 g/mol. The summed E-state index contributed by atoms with van der Waals surface area (Å²) in [4.78, 5) is 17.0. The van der Waals surface area contributed by atoms with E-state index in [0.717, 1.165) is 17.1 Å². The van der Waals surface area contributed by atoms with Gasteiger partial charge in [0.05, 0.1) is 6.54 Å². The van der Waals surface area contributed by atoms with Gasteiger partial charge in [-0.05, 0) is 25.5 Å². The molecule has 0 saturated carbocycles. The quantitative estimate of drug-likeness (QED) is 0.841. The van der Waals surface area contributed by atoms with E-state index in [-0.39, 0.29) is 6.42 Å². The van der Waals surface area contributed by atoms with Gasteiger partial charge < -0.3 is 14.4 Å². The zero-order chi connectivity index (χ0) is 14.4. The molecule has 0 atom stereocenters. The molecular formula is C15H18N2O3. The van der Waals surface area contributed by atoms with E-state index in [1.807, 2.05) is 37.3 Å². The molecule has 5 heteroatoms. The van der Waals surface area contributed by atoms with Gasteiger partial charge >= 0.3 is 5.97 Å². The van der Waals surface area contributed by atoms with Crippen molar-refractivity contribution in [3.05, 3.63) is 48.2 Å². The van der Waals surface area contributed by atoms with Crippen LogP contribution < -0.4 is 4.90 Å². The fourth-order valence-electron chi connectivity index (χ4n) is 2.02. The van der Waals surface area contributed by atoms with Crippen LogP contribution in [-0.2, 0) is 11.3 Å². The van der Waals surface area contributed by atoms with Gasteiger partial charge in [0.25, 0.3) is 0 Å². The Hall–Kier alpha value is -2.30. The van der Waals surface area contributed by atoms with Crippen molar-refractivity contribution in [2.24, 2.45) is 0 Å². The topological polar surface area (TPSA) is 66.6 Å². The van der Waals surface area contributed by atoms with E-state index in [2.05, 4.69) is 9.88 Å². The molecule has 0 aliphatic carbocycles. The van der Waals surface area contributed by atoms with Gasteiger partial charge in [0.15, 0.2) is 6.39 Å². The molecule has 5 nitrogen and oxygen atoms in total. The predicted molar refractivity (Wildman–Crippen MR) is 75.6 cm³/mol. The number of carboxylic acids is 1. The van der Waals surface area contributed by atoms with Crippen LogP contribution in [-0.4, -0.2) is 22.6 Å². The molecule has 106 valence electrons. The number of anilines is 1. The number of carbonyl (C=O) groups is 1. The van der Waals surface area contributed by atoms with E-state index in [4.69, 9.17) is 9.52 Å². The zero-order valence-corrected chi connectivity index (χ0v) is 11.5. The highest BCUT2D eigenvalue weighted by Crippen LogP contribution is 2.18. The Balaban J connectivity index is 2.08. The van der Waals surface area contributed by atoms with Crippen molar-refractivity contribution in [2.45, 2.75) is 26.3 Å². The van der Waals surface area contributed by atoms with Crippen LogP contribution in [0.5, 0.6) is 0 Å². The minimum atomic E-state index is -0.768. The summed E-state index contributed by atoms with van der Waals surface area (Å²) in [5.74, 6) is 0.0276. The molecule has 0 spiro atoms. The highest BCUT2D eigenvalue weighted by atomic mass is 16.4. The van der Waals surface area contributed by atoms with Crippen molar-refractivity contribution in [1.82, 2.24) is 4.98 Å². The molecule has 0 aliphatic rings. The third kappa shape index (κ3) is 3.85. The number of aliphatic carboxylic acids is 1. The van der Waals surface area contributed by atoms with Crippen LogP contribution in [0.25, 0.3) is 0 Å². The summed E-state index contributed by atoms with van der Waals surface area (Å²) in [7, 11) is 0. The second-order valence-electron chi connectivity index (χ2n) is 4.61. The molecule has 0 aliphatic heterocycles. The van der Waals surface area contributed by atoms with Gasteiger partial charge in [-0.2, -0.15) is 0 Å². The van der Waals surface area contributed by atoms with Crippen LogP contribution in [0, 0.1) is 6.92 Å². The highest BCUT2D eigenvalue weighted by molar-refractivity contribution is 5.66. The molecule has 0 amide bonds. The average molecular weight is 274 g/mol. The van der Waals surface area contributed by atoms with Crippen LogP contribution in [0.15, 0.2) is 41.1 Å². The SMILES string of the molecule is Cc1ocnc1CN(CCCC(=O)O)c1ccccc1. The first-order valence-electron chi connectivity index (χ1n) is 6.57. The maximum Gasteiger partial charge on any atom is 0.303 e. The number of benzene rings is 1. The Bertz CT molecular complexity index is 551. The van der Waals surface area contributed by atoms with Crippen molar-refractivity contribution in [3.63, 3.8) is 0 Å². The maximum atomic E-state index is 10.6. The second kappa shape index (κ2) is 6.75. The third-order valence-corrected chi connectivity index (χ3v) is 3.13.